The molecule has 100 valence electrons. The predicted molar refractivity (Wildman–Crippen MR) is 79.2 cm³/mol. The fraction of sp³-hybridized carbons (Fsp3) is 0.385. The molecular formula is C13H14BrN3OS. The standard InChI is InChI=1S/C13H14BrN3OS/c14-11-6-2-1-5-10(11)12-15-13(17-16-12)19-8-9-4-3-7-18-9/h1-2,5-6,9H,3-4,7-8H2,(H,15,16,17). The Morgan fingerprint density at radius 2 is 2.32 bits per heavy atom. The Hall–Kier alpha value is -0.850. The van der Waals surface area contributed by atoms with Crippen LogP contribution in [0, 0.1) is 0 Å². The van der Waals surface area contributed by atoms with E-state index in [0.717, 1.165) is 39.8 Å². The Bertz CT molecular complexity index is 554. The second-order valence-corrected chi connectivity index (χ2v) is 6.23. The molecule has 1 aromatic carbocycles. The molecule has 0 aliphatic carbocycles. The van der Waals surface area contributed by atoms with Gasteiger partial charge in [-0.3, -0.25) is 5.10 Å². The van der Waals surface area contributed by atoms with Gasteiger partial charge in [0.1, 0.15) is 0 Å². The summed E-state index contributed by atoms with van der Waals surface area (Å²) in [6.07, 6.45) is 2.67. The Morgan fingerprint density at radius 3 is 3.11 bits per heavy atom. The van der Waals surface area contributed by atoms with Gasteiger partial charge in [0.05, 0.1) is 6.10 Å². The highest BCUT2D eigenvalue weighted by Crippen LogP contribution is 2.27. The van der Waals surface area contributed by atoms with Gasteiger partial charge in [-0.05, 0) is 18.9 Å². The van der Waals surface area contributed by atoms with Gasteiger partial charge in [-0.1, -0.05) is 45.9 Å². The van der Waals surface area contributed by atoms with Crippen molar-refractivity contribution in [1.82, 2.24) is 15.2 Å². The van der Waals surface area contributed by atoms with E-state index in [4.69, 9.17) is 4.74 Å². The van der Waals surface area contributed by atoms with Crippen molar-refractivity contribution in [2.45, 2.75) is 24.1 Å². The smallest absolute Gasteiger partial charge is 0.208 e. The van der Waals surface area contributed by atoms with Gasteiger partial charge in [0.15, 0.2) is 5.82 Å². The molecule has 4 nitrogen and oxygen atoms in total. The van der Waals surface area contributed by atoms with E-state index in [9.17, 15) is 0 Å². The van der Waals surface area contributed by atoms with E-state index in [1.807, 2.05) is 24.3 Å². The maximum absolute atomic E-state index is 5.59. The van der Waals surface area contributed by atoms with Crippen LogP contribution < -0.4 is 0 Å². The summed E-state index contributed by atoms with van der Waals surface area (Å²) in [6, 6.07) is 7.98. The molecule has 19 heavy (non-hydrogen) atoms. The molecule has 0 saturated carbocycles. The molecule has 3 rings (SSSR count). The molecule has 1 unspecified atom stereocenters. The number of ether oxygens (including phenoxy) is 1. The summed E-state index contributed by atoms with van der Waals surface area (Å²) in [5, 5.41) is 8.01. The monoisotopic (exact) mass is 339 g/mol. The third-order valence-electron chi connectivity index (χ3n) is 3.02. The number of hydrogen-bond donors (Lipinski definition) is 1. The average molecular weight is 340 g/mol. The van der Waals surface area contributed by atoms with Gasteiger partial charge in [-0.15, -0.1) is 5.10 Å². The lowest BCUT2D eigenvalue weighted by Crippen LogP contribution is -2.07. The van der Waals surface area contributed by atoms with Gasteiger partial charge in [-0.25, -0.2) is 4.98 Å². The molecule has 1 aliphatic rings. The van der Waals surface area contributed by atoms with E-state index in [1.165, 1.54) is 6.42 Å². The van der Waals surface area contributed by atoms with Crippen LogP contribution in [-0.4, -0.2) is 33.6 Å². The molecule has 2 heterocycles. The largest absolute Gasteiger partial charge is 0.377 e. The topological polar surface area (TPSA) is 50.8 Å². The predicted octanol–water partition coefficient (Wildman–Crippen LogP) is 3.51. The maximum Gasteiger partial charge on any atom is 0.208 e. The summed E-state index contributed by atoms with van der Waals surface area (Å²) in [5.74, 6) is 1.72. The van der Waals surface area contributed by atoms with Gasteiger partial charge in [0.25, 0.3) is 0 Å². The van der Waals surface area contributed by atoms with E-state index < -0.39 is 0 Å². The molecule has 2 aromatic rings. The van der Waals surface area contributed by atoms with Crippen molar-refractivity contribution in [3.05, 3.63) is 28.7 Å². The fourth-order valence-corrected chi connectivity index (χ4v) is 3.36. The van der Waals surface area contributed by atoms with Crippen LogP contribution in [-0.2, 0) is 4.74 Å². The second kappa shape index (κ2) is 6.07. The van der Waals surface area contributed by atoms with Gasteiger partial charge in [-0.2, -0.15) is 0 Å². The zero-order valence-electron chi connectivity index (χ0n) is 10.3. The molecule has 1 fully saturated rings. The molecule has 0 radical (unpaired) electrons. The fourth-order valence-electron chi connectivity index (χ4n) is 2.03. The van der Waals surface area contributed by atoms with Crippen LogP contribution in [0.15, 0.2) is 33.9 Å². The van der Waals surface area contributed by atoms with Crippen molar-refractivity contribution in [2.24, 2.45) is 0 Å². The lowest BCUT2D eigenvalue weighted by atomic mass is 10.2. The van der Waals surface area contributed by atoms with E-state index in [2.05, 4.69) is 31.1 Å². The number of nitrogens with one attached hydrogen (secondary N) is 1. The van der Waals surface area contributed by atoms with E-state index in [1.54, 1.807) is 11.8 Å². The van der Waals surface area contributed by atoms with Crippen molar-refractivity contribution < 1.29 is 4.74 Å². The third kappa shape index (κ3) is 3.19. The number of H-pyrrole nitrogens is 1. The molecule has 1 aromatic heterocycles. The minimum absolute atomic E-state index is 0.357. The molecule has 0 bridgehead atoms. The quantitative estimate of drug-likeness (QED) is 0.866. The highest BCUT2D eigenvalue weighted by atomic mass is 79.9. The first-order valence-electron chi connectivity index (χ1n) is 6.24. The summed E-state index contributed by atoms with van der Waals surface area (Å²) in [6.45, 7) is 0.890. The van der Waals surface area contributed by atoms with Crippen LogP contribution in [0.25, 0.3) is 11.4 Å². The normalized spacial score (nSPS) is 18.9. The van der Waals surface area contributed by atoms with Crippen molar-refractivity contribution >= 4 is 27.7 Å². The Balaban J connectivity index is 1.67. The van der Waals surface area contributed by atoms with Gasteiger partial charge < -0.3 is 4.74 Å². The number of benzene rings is 1. The Morgan fingerprint density at radius 1 is 1.42 bits per heavy atom. The van der Waals surface area contributed by atoms with Crippen molar-refractivity contribution in [2.75, 3.05) is 12.4 Å². The molecule has 1 N–H and O–H groups in total. The third-order valence-corrected chi connectivity index (χ3v) is 4.69. The number of hydrogen-bond acceptors (Lipinski definition) is 4. The first-order valence-corrected chi connectivity index (χ1v) is 8.02. The maximum atomic E-state index is 5.59. The van der Waals surface area contributed by atoms with Crippen LogP contribution >= 0.6 is 27.7 Å². The highest BCUT2D eigenvalue weighted by molar-refractivity contribution is 9.10. The summed E-state index contributed by atoms with van der Waals surface area (Å²) in [5.41, 5.74) is 1.03. The van der Waals surface area contributed by atoms with Gasteiger partial charge >= 0.3 is 0 Å². The first kappa shape index (κ1) is 13.1. The number of aromatic nitrogens is 3. The highest BCUT2D eigenvalue weighted by Gasteiger charge is 2.17. The summed E-state index contributed by atoms with van der Waals surface area (Å²) in [7, 11) is 0. The van der Waals surface area contributed by atoms with Gasteiger partial charge in [0, 0.05) is 22.4 Å². The summed E-state index contributed by atoms with van der Waals surface area (Å²) in [4.78, 5) is 4.51. The van der Waals surface area contributed by atoms with Crippen molar-refractivity contribution in [3.63, 3.8) is 0 Å². The van der Waals surface area contributed by atoms with Crippen LogP contribution in [0.1, 0.15) is 12.8 Å². The van der Waals surface area contributed by atoms with Crippen LogP contribution in [0.3, 0.4) is 0 Å². The minimum atomic E-state index is 0.357. The summed E-state index contributed by atoms with van der Waals surface area (Å²) < 4.78 is 6.61. The lowest BCUT2D eigenvalue weighted by Gasteiger charge is -2.05. The zero-order chi connectivity index (χ0) is 13.1. The SMILES string of the molecule is Brc1ccccc1-c1nc(SCC2CCCO2)n[nH]1. The van der Waals surface area contributed by atoms with Crippen LogP contribution in [0.4, 0.5) is 0 Å². The number of nitrogens with zero attached hydrogens (tertiary/aromatic N) is 2. The molecule has 1 aliphatic heterocycles. The zero-order valence-corrected chi connectivity index (χ0v) is 12.7. The average Bonchev–Trinajstić information content (AvgIpc) is 3.08. The van der Waals surface area contributed by atoms with Crippen LogP contribution in [0.2, 0.25) is 0 Å². The Kier molecular flexibility index (Phi) is 4.20. The molecule has 1 atom stereocenters. The molecule has 1 saturated heterocycles. The molecule has 0 amide bonds. The minimum Gasteiger partial charge on any atom is -0.377 e. The molecule has 6 heteroatoms. The number of thioether (sulfide) groups is 1. The van der Waals surface area contributed by atoms with Crippen LogP contribution in [0.5, 0.6) is 0 Å². The van der Waals surface area contributed by atoms with Gasteiger partial charge in [0.2, 0.25) is 5.16 Å². The van der Waals surface area contributed by atoms with E-state index in [0.29, 0.717) is 6.10 Å². The molecule has 0 spiro atoms. The van der Waals surface area contributed by atoms with E-state index in [-0.39, 0.29) is 0 Å². The number of rotatable bonds is 4. The first-order chi connectivity index (χ1) is 9.33. The van der Waals surface area contributed by atoms with E-state index >= 15 is 0 Å². The number of halogens is 1. The molecular weight excluding hydrogens is 326 g/mol. The second-order valence-electron chi connectivity index (χ2n) is 4.39. The number of aromatic amines is 1. The van der Waals surface area contributed by atoms with Crippen molar-refractivity contribution in [3.8, 4) is 11.4 Å². The summed E-state index contributed by atoms with van der Waals surface area (Å²) >= 11 is 5.17. The van der Waals surface area contributed by atoms with Crippen molar-refractivity contribution in [1.29, 1.82) is 0 Å². The Labute approximate surface area is 124 Å². The lowest BCUT2D eigenvalue weighted by molar-refractivity contribution is 0.129.